The molecule has 20 heavy (non-hydrogen) atoms. The first-order valence-corrected chi connectivity index (χ1v) is 8.03. The summed E-state index contributed by atoms with van der Waals surface area (Å²) in [5.74, 6) is 0.282. The van der Waals surface area contributed by atoms with E-state index in [1.807, 2.05) is 12.1 Å². The topological polar surface area (TPSA) is 40.5 Å². The van der Waals surface area contributed by atoms with Crippen LogP contribution in [0.3, 0.4) is 0 Å². The molecule has 0 bridgehead atoms. The van der Waals surface area contributed by atoms with Gasteiger partial charge in [-0.3, -0.25) is 0 Å². The third kappa shape index (κ3) is 3.83. The molecule has 0 unspecified atom stereocenters. The number of hydrogen-bond acceptors (Lipinski definition) is 2. The number of hydrogen-bond donors (Lipinski definition) is 2. The number of aliphatic hydroxyl groups excluding tert-OH is 1. The van der Waals surface area contributed by atoms with Crippen LogP contribution in [0.5, 0.6) is 0 Å². The molecule has 0 radical (unpaired) electrons. The summed E-state index contributed by atoms with van der Waals surface area (Å²) in [6, 6.07) is 8.24. The standard InChI is InChI=1S/C18H28O2/c1-3-14(2)17(19)16-8-6-7-15(13-16)9-12-18(20)10-4-5-11-18/h6-8,13-14,17,19-20H,3-5,9-12H2,1-2H3/t14-,17-/m1/s1. The van der Waals surface area contributed by atoms with Gasteiger partial charge in [-0.2, -0.15) is 0 Å². The first kappa shape index (κ1) is 15.5. The normalized spacial score (nSPS) is 20.8. The molecule has 2 heteroatoms. The smallest absolute Gasteiger partial charge is 0.0815 e. The van der Waals surface area contributed by atoms with Gasteiger partial charge in [-0.15, -0.1) is 0 Å². The van der Waals surface area contributed by atoms with Gasteiger partial charge in [0.25, 0.3) is 0 Å². The van der Waals surface area contributed by atoms with Crippen molar-refractivity contribution in [2.75, 3.05) is 0 Å². The van der Waals surface area contributed by atoms with Gasteiger partial charge in [-0.1, -0.05) is 57.4 Å². The van der Waals surface area contributed by atoms with Crippen molar-refractivity contribution in [2.45, 2.75) is 70.5 Å². The van der Waals surface area contributed by atoms with Crippen molar-refractivity contribution in [3.05, 3.63) is 35.4 Å². The molecule has 0 spiro atoms. The fourth-order valence-electron chi connectivity index (χ4n) is 3.14. The van der Waals surface area contributed by atoms with Crippen LogP contribution < -0.4 is 0 Å². The first-order chi connectivity index (χ1) is 9.54. The molecular weight excluding hydrogens is 248 g/mol. The van der Waals surface area contributed by atoms with Crippen LogP contribution >= 0.6 is 0 Å². The van der Waals surface area contributed by atoms with Crippen LogP contribution in [0.2, 0.25) is 0 Å². The van der Waals surface area contributed by atoms with Crippen molar-refractivity contribution in [2.24, 2.45) is 5.92 Å². The Hall–Kier alpha value is -0.860. The predicted octanol–water partition coefficient (Wildman–Crippen LogP) is 4.00. The van der Waals surface area contributed by atoms with Gasteiger partial charge in [0.1, 0.15) is 0 Å². The lowest BCUT2D eigenvalue weighted by molar-refractivity contribution is 0.0391. The van der Waals surface area contributed by atoms with Gasteiger partial charge < -0.3 is 10.2 Å². The lowest BCUT2D eigenvalue weighted by Crippen LogP contribution is -2.24. The predicted molar refractivity (Wildman–Crippen MR) is 82.6 cm³/mol. The van der Waals surface area contributed by atoms with E-state index in [0.29, 0.717) is 0 Å². The Kier molecular flexibility index (Phi) is 5.22. The summed E-state index contributed by atoms with van der Waals surface area (Å²) >= 11 is 0. The van der Waals surface area contributed by atoms with Gasteiger partial charge in [0.05, 0.1) is 11.7 Å². The van der Waals surface area contributed by atoms with Gasteiger partial charge in [0.2, 0.25) is 0 Å². The van der Waals surface area contributed by atoms with E-state index in [-0.39, 0.29) is 12.0 Å². The van der Waals surface area contributed by atoms with Crippen molar-refractivity contribution in [3.63, 3.8) is 0 Å². The highest BCUT2D eigenvalue weighted by Crippen LogP contribution is 2.33. The van der Waals surface area contributed by atoms with E-state index < -0.39 is 5.60 Å². The maximum Gasteiger partial charge on any atom is 0.0815 e. The van der Waals surface area contributed by atoms with Crippen molar-refractivity contribution in [1.29, 1.82) is 0 Å². The molecule has 2 nitrogen and oxygen atoms in total. The first-order valence-electron chi connectivity index (χ1n) is 8.03. The largest absolute Gasteiger partial charge is 0.390 e. The van der Waals surface area contributed by atoms with Crippen molar-refractivity contribution < 1.29 is 10.2 Å². The van der Waals surface area contributed by atoms with Crippen LogP contribution in [0.1, 0.15) is 69.6 Å². The zero-order valence-corrected chi connectivity index (χ0v) is 12.8. The van der Waals surface area contributed by atoms with Crippen LogP contribution in [0.15, 0.2) is 24.3 Å². The average Bonchev–Trinajstić information content (AvgIpc) is 2.91. The highest BCUT2D eigenvalue weighted by atomic mass is 16.3. The van der Waals surface area contributed by atoms with Crippen LogP contribution in [0.25, 0.3) is 0 Å². The quantitative estimate of drug-likeness (QED) is 0.824. The third-order valence-corrected chi connectivity index (χ3v) is 4.89. The summed E-state index contributed by atoms with van der Waals surface area (Å²) in [5, 5.41) is 20.7. The molecule has 1 aromatic carbocycles. The van der Waals surface area contributed by atoms with E-state index >= 15 is 0 Å². The van der Waals surface area contributed by atoms with Crippen LogP contribution in [-0.4, -0.2) is 15.8 Å². The Balaban J connectivity index is 1.99. The van der Waals surface area contributed by atoms with E-state index in [1.165, 1.54) is 5.56 Å². The molecule has 0 amide bonds. The molecule has 0 heterocycles. The van der Waals surface area contributed by atoms with Gasteiger partial charge in [0.15, 0.2) is 0 Å². The summed E-state index contributed by atoms with van der Waals surface area (Å²) in [4.78, 5) is 0. The number of aliphatic hydroxyl groups is 2. The summed E-state index contributed by atoms with van der Waals surface area (Å²) in [5.41, 5.74) is 1.80. The Morgan fingerprint density at radius 3 is 2.60 bits per heavy atom. The van der Waals surface area contributed by atoms with Gasteiger partial charge in [-0.25, -0.2) is 0 Å². The maximum absolute atomic E-state index is 10.4. The second-order valence-electron chi connectivity index (χ2n) is 6.51. The Bertz CT molecular complexity index is 421. The number of rotatable bonds is 6. The molecule has 0 saturated heterocycles. The molecule has 112 valence electrons. The number of benzene rings is 1. The molecule has 2 rings (SSSR count). The highest BCUT2D eigenvalue weighted by Gasteiger charge is 2.30. The Morgan fingerprint density at radius 2 is 1.95 bits per heavy atom. The maximum atomic E-state index is 10.4. The van der Waals surface area contributed by atoms with E-state index in [9.17, 15) is 10.2 Å². The minimum absolute atomic E-state index is 0.282. The molecule has 2 N–H and O–H groups in total. The zero-order valence-electron chi connectivity index (χ0n) is 12.8. The second kappa shape index (κ2) is 6.73. The van der Waals surface area contributed by atoms with Crippen molar-refractivity contribution in [1.82, 2.24) is 0 Å². The van der Waals surface area contributed by atoms with Crippen molar-refractivity contribution in [3.8, 4) is 0 Å². The Labute approximate surface area is 122 Å². The van der Waals surface area contributed by atoms with Crippen LogP contribution in [-0.2, 0) is 6.42 Å². The minimum Gasteiger partial charge on any atom is -0.390 e. The van der Waals surface area contributed by atoms with Crippen LogP contribution in [0.4, 0.5) is 0 Å². The molecule has 0 aromatic heterocycles. The molecule has 1 aromatic rings. The van der Waals surface area contributed by atoms with Crippen molar-refractivity contribution >= 4 is 0 Å². The minimum atomic E-state index is -0.439. The Morgan fingerprint density at radius 1 is 1.25 bits per heavy atom. The summed E-state index contributed by atoms with van der Waals surface area (Å²) < 4.78 is 0. The van der Waals surface area contributed by atoms with Crippen LogP contribution in [0, 0.1) is 5.92 Å². The van der Waals surface area contributed by atoms with E-state index in [2.05, 4.69) is 26.0 Å². The second-order valence-corrected chi connectivity index (χ2v) is 6.51. The number of aryl methyl sites for hydroxylation is 1. The summed E-state index contributed by atoms with van der Waals surface area (Å²) in [7, 11) is 0. The van der Waals surface area contributed by atoms with E-state index in [1.54, 1.807) is 0 Å². The molecule has 2 atom stereocenters. The fraction of sp³-hybridized carbons (Fsp3) is 0.667. The zero-order chi connectivity index (χ0) is 14.6. The van der Waals surface area contributed by atoms with Gasteiger partial charge in [-0.05, 0) is 42.7 Å². The molecular formula is C18H28O2. The van der Waals surface area contributed by atoms with E-state index in [0.717, 1.165) is 50.5 Å². The molecule has 1 fully saturated rings. The molecule has 0 aliphatic heterocycles. The van der Waals surface area contributed by atoms with Gasteiger partial charge >= 0.3 is 0 Å². The summed E-state index contributed by atoms with van der Waals surface area (Å²) in [6.07, 6.45) is 6.55. The molecule has 1 saturated carbocycles. The molecule has 1 aliphatic rings. The lowest BCUT2D eigenvalue weighted by Gasteiger charge is -2.22. The lowest BCUT2D eigenvalue weighted by atomic mass is 9.90. The van der Waals surface area contributed by atoms with Gasteiger partial charge in [0, 0.05) is 0 Å². The van der Waals surface area contributed by atoms with E-state index in [4.69, 9.17) is 0 Å². The highest BCUT2D eigenvalue weighted by molar-refractivity contribution is 5.26. The fourth-order valence-corrected chi connectivity index (χ4v) is 3.14. The summed E-state index contributed by atoms with van der Waals surface area (Å²) in [6.45, 7) is 4.19. The average molecular weight is 276 g/mol. The third-order valence-electron chi connectivity index (χ3n) is 4.89. The monoisotopic (exact) mass is 276 g/mol. The SMILES string of the molecule is CC[C@@H](C)[C@@H](O)c1cccc(CCC2(O)CCCC2)c1. The molecule has 1 aliphatic carbocycles.